The second-order valence-electron chi connectivity index (χ2n) is 5.50. The molecule has 6 heteroatoms. The van der Waals surface area contributed by atoms with Crippen molar-refractivity contribution in [2.75, 3.05) is 18.8 Å². The summed E-state index contributed by atoms with van der Waals surface area (Å²) in [6.07, 6.45) is 10.4. The molecular formula is C14H27N5S. The molecule has 0 radical (unpaired) electrons. The van der Waals surface area contributed by atoms with Crippen LogP contribution in [0, 0.1) is 0 Å². The minimum absolute atomic E-state index is 0.537. The van der Waals surface area contributed by atoms with Crippen molar-refractivity contribution < 1.29 is 0 Å². The third-order valence-electron chi connectivity index (χ3n) is 3.85. The van der Waals surface area contributed by atoms with Crippen LogP contribution in [0.1, 0.15) is 64.3 Å². The number of aromatic nitrogens is 4. The van der Waals surface area contributed by atoms with Gasteiger partial charge >= 0.3 is 0 Å². The first-order valence-electron chi connectivity index (χ1n) is 8.03. The summed E-state index contributed by atoms with van der Waals surface area (Å²) in [5.41, 5.74) is 0. The summed E-state index contributed by atoms with van der Waals surface area (Å²) in [5.74, 6) is 1.04. The van der Waals surface area contributed by atoms with Gasteiger partial charge in [-0.25, -0.2) is 4.68 Å². The standard InChI is InChI=1S/C14H27N5S/c1-2-3-4-7-10-15-11-12-20-14-16-17-18-19(14)13-8-5-6-9-13/h13,15H,2-12H2,1H3. The molecule has 1 aliphatic carbocycles. The molecule has 2 rings (SSSR count). The molecule has 1 N–H and O–H groups in total. The zero-order chi connectivity index (χ0) is 14.0. The van der Waals surface area contributed by atoms with Crippen LogP contribution in [0.2, 0.25) is 0 Å². The fraction of sp³-hybridized carbons (Fsp3) is 0.929. The Labute approximate surface area is 126 Å². The Morgan fingerprint density at radius 2 is 2.05 bits per heavy atom. The first-order chi connectivity index (χ1) is 9.92. The van der Waals surface area contributed by atoms with Crippen LogP contribution in [0.3, 0.4) is 0 Å². The molecule has 0 spiro atoms. The van der Waals surface area contributed by atoms with Crippen LogP contribution >= 0.6 is 11.8 Å². The zero-order valence-corrected chi connectivity index (χ0v) is 13.4. The van der Waals surface area contributed by atoms with Crippen LogP contribution in [0.15, 0.2) is 5.16 Å². The Bertz CT molecular complexity index is 362. The van der Waals surface area contributed by atoms with E-state index >= 15 is 0 Å². The van der Waals surface area contributed by atoms with Crippen LogP contribution in [-0.4, -0.2) is 39.0 Å². The van der Waals surface area contributed by atoms with Crippen LogP contribution < -0.4 is 5.32 Å². The Kier molecular flexibility index (Phi) is 7.36. The van der Waals surface area contributed by atoms with E-state index in [1.165, 1.54) is 51.4 Å². The fourth-order valence-electron chi connectivity index (χ4n) is 2.67. The Balaban J connectivity index is 1.59. The molecule has 1 saturated carbocycles. The van der Waals surface area contributed by atoms with Crippen LogP contribution in [-0.2, 0) is 0 Å². The second-order valence-corrected chi connectivity index (χ2v) is 6.57. The lowest BCUT2D eigenvalue weighted by molar-refractivity contribution is 0.423. The molecule has 0 amide bonds. The van der Waals surface area contributed by atoms with Crippen LogP contribution in [0.25, 0.3) is 0 Å². The van der Waals surface area contributed by atoms with E-state index < -0.39 is 0 Å². The smallest absolute Gasteiger partial charge is 0.209 e. The summed E-state index contributed by atoms with van der Waals surface area (Å²) in [6, 6.07) is 0.537. The van der Waals surface area contributed by atoms with E-state index in [-0.39, 0.29) is 0 Å². The fourth-order valence-corrected chi connectivity index (χ4v) is 3.52. The molecule has 1 aromatic rings. The summed E-state index contributed by atoms with van der Waals surface area (Å²) in [5, 5.41) is 16.6. The number of hydrogen-bond donors (Lipinski definition) is 1. The molecule has 0 unspecified atom stereocenters. The van der Waals surface area contributed by atoms with Crippen molar-refractivity contribution in [3.8, 4) is 0 Å². The highest BCUT2D eigenvalue weighted by molar-refractivity contribution is 7.99. The number of unbranched alkanes of at least 4 members (excludes halogenated alkanes) is 3. The minimum Gasteiger partial charge on any atom is -0.316 e. The third-order valence-corrected chi connectivity index (χ3v) is 4.79. The summed E-state index contributed by atoms with van der Waals surface area (Å²) in [4.78, 5) is 0. The van der Waals surface area contributed by atoms with E-state index in [1.807, 2.05) is 4.68 Å². The lowest BCUT2D eigenvalue weighted by Crippen LogP contribution is -2.18. The minimum atomic E-state index is 0.537. The van der Waals surface area contributed by atoms with Gasteiger partial charge in [0.25, 0.3) is 0 Å². The summed E-state index contributed by atoms with van der Waals surface area (Å²) < 4.78 is 2.04. The van der Waals surface area contributed by atoms with Gasteiger partial charge in [-0.2, -0.15) is 0 Å². The van der Waals surface area contributed by atoms with Gasteiger partial charge in [-0.15, -0.1) is 5.10 Å². The van der Waals surface area contributed by atoms with Crippen molar-refractivity contribution in [2.45, 2.75) is 69.5 Å². The Hall–Kier alpha value is -0.620. The molecule has 5 nitrogen and oxygen atoms in total. The van der Waals surface area contributed by atoms with Crippen molar-refractivity contribution in [3.63, 3.8) is 0 Å². The molecule has 0 aromatic carbocycles. The molecule has 1 aliphatic rings. The maximum Gasteiger partial charge on any atom is 0.209 e. The van der Waals surface area contributed by atoms with Gasteiger partial charge in [0.05, 0.1) is 6.04 Å². The quantitative estimate of drug-likeness (QED) is 0.531. The van der Waals surface area contributed by atoms with E-state index in [0.717, 1.165) is 24.0 Å². The topological polar surface area (TPSA) is 55.6 Å². The molecule has 114 valence electrons. The summed E-state index contributed by atoms with van der Waals surface area (Å²) >= 11 is 1.77. The van der Waals surface area contributed by atoms with Gasteiger partial charge in [0, 0.05) is 12.3 Å². The van der Waals surface area contributed by atoms with Gasteiger partial charge in [-0.1, -0.05) is 50.8 Å². The molecule has 0 saturated heterocycles. The van der Waals surface area contributed by atoms with Crippen molar-refractivity contribution in [3.05, 3.63) is 0 Å². The monoisotopic (exact) mass is 297 g/mol. The highest BCUT2D eigenvalue weighted by Crippen LogP contribution is 2.31. The maximum atomic E-state index is 4.16. The number of nitrogens with one attached hydrogen (secondary N) is 1. The van der Waals surface area contributed by atoms with Gasteiger partial charge < -0.3 is 5.32 Å². The van der Waals surface area contributed by atoms with Gasteiger partial charge in [0.2, 0.25) is 5.16 Å². The van der Waals surface area contributed by atoms with Gasteiger partial charge in [-0.05, 0) is 36.2 Å². The number of thioether (sulfide) groups is 1. The van der Waals surface area contributed by atoms with E-state index in [4.69, 9.17) is 0 Å². The average Bonchev–Trinajstić information content (AvgIpc) is 3.11. The molecule has 0 atom stereocenters. The molecule has 1 fully saturated rings. The van der Waals surface area contributed by atoms with Gasteiger partial charge in [0.15, 0.2) is 0 Å². The molecular weight excluding hydrogens is 270 g/mol. The van der Waals surface area contributed by atoms with E-state index in [1.54, 1.807) is 11.8 Å². The van der Waals surface area contributed by atoms with Crippen LogP contribution in [0.4, 0.5) is 0 Å². The SMILES string of the molecule is CCCCCCNCCSc1nnnn1C1CCCC1. The molecule has 1 heterocycles. The Morgan fingerprint density at radius 3 is 2.85 bits per heavy atom. The first-order valence-corrected chi connectivity index (χ1v) is 9.01. The largest absolute Gasteiger partial charge is 0.316 e. The lowest BCUT2D eigenvalue weighted by atomic mass is 10.2. The highest BCUT2D eigenvalue weighted by atomic mass is 32.2. The van der Waals surface area contributed by atoms with Crippen LogP contribution in [0.5, 0.6) is 0 Å². The van der Waals surface area contributed by atoms with Crippen molar-refractivity contribution in [2.24, 2.45) is 0 Å². The maximum absolute atomic E-state index is 4.16. The number of hydrogen-bond acceptors (Lipinski definition) is 5. The molecule has 0 aliphatic heterocycles. The lowest BCUT2D eigenvalue weighted by Gasteiger charge is -2.10. The number of tetrazole rings is 1. The van der Waals surface area contributed by atoms with E-state index in [2.05, 4.69) is 27.8 Å². The normalized spacial score (nSPS) is 16.1. The van der Waals surface area contributed by atoms with Crippen molar-refractivity contribution in [1.29, 1.82) is 0 Å². The molecule has 1 aromatic heterocycles. The van der Waals surface area contributed by atoms with Gasteiger partial charge in [-0.3, -0.25) is 0 Å². The van der Waals surface area contributed by atoms with Gasteiger partial charge in [0.1, 0.15) is 0 Å². The van der Waals surface area contributed by atoms with Crippen molar-refractivity contribution in [1.82, 2.24) is 25.5 Å². The van der Waals surface area contributed by atoms with Crippen molar-refractivity contribution >= 4 is 11.8 Å². The molecule has 0 bridgehead atoms. The number of nitrogens with zero attached hydrogens (tertiary/aromatic N) is 4. The second kappa shape index (κ2) is 9.34. The highest BCUT2D eigenvalue weighted by Gasteiger charge is 2.21. The zero-order valence-electron chi connectivity index (χ0n) is 12.6. The Morgan fingerprint density at radius 1 is 1.20 bits per heavy atom. The predicted octanol–water partition coefficient (Wildman–Crippen LogP) is 3.05. The number of rotatable bonds is 10. The first kappa shape index (κ1) is 15.8. The predicted molar refractivity (Wildman–Crippen MR) is 83.1 cm³/mol. The summed E-state index contributed by atoms with van der Waals surface area (Å²) in [6.45, 7) is 4.42. The molecule has 20 heavy (non-hydrogen) atoms. The summed E-state index contributed by atoms with van der Waals surface area (Å²) in [7, 11) is 0. The average molecular weight is 297 g/mol. The third kappa shape index (κ3) is 5.05. The van der Waals surface area contributed by atoms with E-state index in [9.17, 15) is 0 Å². The van der Waals surface area contributed by atoms with E-state index in [0.29, 0.717) is 6.04 Å².